The zero-order chi connectivity index (χ0) is 10.7. The molecule has 0 N–H and O–H groups in total. The molecule has 0 fully saturated rings. The summed E-state index contributed by atoms with van der Waals surface area (Å²) < 4.78 is 1.24. The van der Waals surface area contributed by atoms with E-state index in [1.807, 2.05) is 6.08 Å². The first-order valence-corrected chi connectivity index (χ1v) is 5.78. The van der Waals surface area contributed by atoms with Gasteiger partial charge in [-0.25, -0.2) is 0 Å². The van der Waals surface area contributed by atoms with Crippen LogP contribution in [0, 0.1) is 0 Å². The van der Waals surface area contributed by atoms with Gasteiger partial charge < -0.3 is 0 Å². The summed E-state index contributed by atoms with van der Waals surface area (Å²) in [6.45, 7) is 10.4. The Hall–Kier alpha value is -0.560. The van der Waals surface area contributed by atoms with E-state index >= 15 is 0 Å². The molecule has 1 unspecified atom stereocenters. The third kappa shape index (κ3) is 2.27. The molecule has 1 rings (SSSR count). The van der Waals surface area contributed by atoms with E-state index in [9.17, 15) is 0 Å². The second-order valence-corrected chi connectivity index (χ2v) is 4.72. The summed E-state index contributed by atoms with van der Waals surface area (Å²) >= 11 is 3.68. The van der Waals surface area contributed by atoms with Crippen molar-refractivity contribution in [2.45, 2.75) is 32.6 Å². The van der Waals surface area contributed by atoms with Gasteiger partial charge in [-0.1, -0.05) is 61.0 Å². The fraction of sp³-hybridized carbons (Fsp3) is 0.385. The molecule has 1 aromatic rings. The zero-order valence-electron chi connectivity index (χ0n) is 9.05. The van der Waals surface area contributed by atoms with Crippen molar-refractivity contribution >= 4 is 15.9 Å². The van der Waals surface area contributed by atoms with Crippen LogP contribution in [0.5, 0.6) is 0 Å². The smallest absolute Gasteiger partial charge is 0.0247 e. The molecule has 14 heavy (non-hydrogen) atoms. The monoisotopic (exact) mass is 252 g/mol. The van der Waals surface area contributed by atoms with Gasteiger partial charge in [0, 0.05) is 4.47 Å². The first-order chi connectivity index (χ1) is 6.57. The second-order valence-electron chi connectivity index (χ2n) is 3.93. The topological polar surface area (TPSA) is 0 Å². The van der Waals surface area contributed by atoms with Gasteiger partial charge in [0.15, 0.2) is 0 Å². The van der Waals surface area contributed by atoms with E-state index in [2.05, 4.69) is 61.5 Å². The van der Waals surface area contributed by atoms with Gasteiger partial charge in [-0.2, -0.15) is 0 Å². The highest BCUT2D eigenvalue weighted by Gasteiger charge is 2.11. The van der Waals surface area contributed by atoms with Crippen molar-refractivity contribution in [3.8, 4) is 0 Å². The molecule has 1 heteroatoms. The molecule has 0 aromatic heterocycles. The highest BCUT2D eigenvalue weighted by atomic mass is 79.9. The van der Waals surface area contributed by atoms with E-state index in [1.165, 1.54) is 15.6 Å². The summed E-state index contributed by atoms with van der Waals surface area (Å²) in [5, 5.41) is 0. The third-order valence-corrected chi connectivity index (χ3v) is 3.44. The Labute approximate surface area is 95.2 Å². The molecule has 0 saturated carbocycles. The number of rotatable bonds is 3. The molecular formula is C13H17Br. The van der Waals surface area contributed by atoms with Crippen LogP contribution in [-0.4, -0.2) is 0 Å². The molecule has 76 valence electrons. The quantitative estimate of drug-likeness (QED) is 0.674. The highest BCUT2D eigenvalue weighted by molar-refractivity contribution is 9.10. The highest BCUT2D eigenvalue weighted by Crippen LogP contribution is 2.32. The number of hydrogen-bond acceptors (Lipinski definition) is 0. The van der Waals surface area contributed by atoms with Crippen LogP contribution in [0.2, 0.25) is 0 Å². The third-order valence-electron chi connectivity index (χ3n) is 2.52. The Morgan fingerprint density at radius 1 is 1.21 bits per heavy atom. The number of allylic oxidation sites excluding steroid dienone is 1. The molecule has 0 bridgehead atoms. The fourth-order valence-electron chi connectivity index (χ4n) is 1.49. The van der Waals surface area contributed by atoms with Gasteiger partial charge >= 0.3 is 0 Å². The lowest BCUT2D eigenvalue weighted by Gasteiger charge is -2.15. The summed E-state index contributed by atoms with van der Waals surface area (Å²) in [5.74, 6) is 0.962. The van der Waals surface area contributed by atoms with E-state index in [0.29, 0.717) is 11.8 Å². The van der Waals surface area contributed by atoms with Crippen LogP contribution in [0.15, 0.2) is 35.3 Å². The van der Waals surface area contributed by atoms with Crippen molar-refractivity contribution in [2.24, 2.45) is 0 Å². The lowest BCUT2D eigenvalue weighted by Crippen LogP contribution is -1.96. The maximum atomic E-state index is 3.83. The van der Waals surface area contributed by atoms with Crippen LogP contribution in [-0.2, 0) is 0 Å². The number of halogens is 1. The van der Waals surface area contributed by atoms with Crippen LogP contribution in [0.4, 0.5) is 0 Å². The Kier molecular flexibility index (Phi) is 3.94. The Bertz CT molecular complexity index is 326. The lowest BCUT2D eigenvalue weighted by atomic mass is 9.95. The van der Waals surface area contributed by atoms with Gasteiger partial charge in [-0.3, -0.25) is 0 Å². The maximum Gasteiger partial charge on any atom is 0.0247 e. The van der Waals surface area contributed by atoms with Gasteiger partial charge in [0.2, 0.25) is 0 Å². The minimum atomic E-state index is 0.406. The Morgan fingerprint density at radius 2 is 1.79 bits per heavy atom. The largest absolute Gasteiger partial charge is 0.102 e. The number of benzene rings is 1. The first kappa shape index (κ1) is 11.5. The van der Waals surface area contributed by atoms with E-state index in [0.717, 1.165) is 0 Å². The molecule has 0 aliphatic rings. The van der Waals surface area contributed by atoms with Gasteiger partial charge in [0.1, 0.15) is 0 Å². The predicted octanol–water partition coefficient (Wildman–Crippen LogP) is 4.86. The molecule has 0 spiro atoms. The van der Waals surface area contributed by atoms with Gasteiger partial charge in [-0.05, 0) is 23.0 Å². The molecule has 0 radical (unpaired) electrons. The Balaban J connectivity index is 3.20. The van der Waals surface area contributed by atoms with Crippen molar-refractivity contribution in [3.63, 3.8) is 0 Å². The minimum Gasteiger partial charge on any atom is -0.102 e. The average Bonchev–Trinajstić information content (AvgIpc) is 2.16. The molecule has 0 heterocycles. The predicted molar refractivity (Wildman–Crippen MR) is 66.8 cm³/mol. The van der Waals surface area contributed by atoms with Crippen molar-refractivity contribution in [1.82, 2.24) is 0 Å². The van der Waals surface area contributed by atoms with Crippen molar-refractivity contribution in [3.05, 3.63) is 46.5 Å². The molecule has 0 nitrogen and oxygen atoms in total. The molecule has 0 saturated heterocycles. The van der Waals surface area contributed by atoms with Crippen molar-refractivity contribution < 1.29 is 0 Å². The molecule has 0 amide bonds. The van der Waals surface area contributed by atoms with Gasteiger partial charge in [-0.15, -0.1) is 6.58 Å². The summed E-state index contributed by atoms with van der Waals surface area (Å²) in [6.07, 6.45) is 1.98. The van der Waals surface area contributed by atoms with E-state index in [4.69, 9.17) is 0 Å². The van der Waals surface area contributed by atoms with E-state index in [-0.39, 0.29) is 0 Å². The summed E-state index contributed by atoms with van der Waals surface area (Å²) in [5.41, 5.74) is 2.70. The van der Waals surface area contributed by atoms with Gasteiger partial charge in [0.25, 0.3) is 0 Å². The summed E-state index contributed by atoms with van der Waals surface area (Å²) in [7, 11) is 0. The van der Waals surface area contributed by atoms with E-state index in [1.54, 1.807) is 0 Å². The van der Waals surface area contributed by atoms with E-state index < -0.39 is 0 Å². The second kappa shape index (κ2) is 4.79. The van der Waals surface area contributed by atoms with Crippen LogP contribution >= 0.6 is 15.9 Å². The Morgan fingerprint density at radius 3 is 2.29 bits per heavy atom. The van der Waals surface area contributed by atoms with Gasteiger partial charge in [0.05, 0.1) is 0 Å². The van der Waals surface area contributed by atoms with Crippen LogP contribution in [0.3, 0.4) is 0 Å². The average molecular weight is 253 g/mol. The molecule has 0 aliphatic carbocycles. The number of hydrogen-bond donors (Lipinski definition) is 0. The lowest BCUT2D eigenvalue weighted by molar-refractivity contribution is 0.847. The van der Waals surface area contributed by atoms with Crippen LogP contribution in [0.1, 0.15) is 43.7 Å². The molecule has 0 aliphatic heterocycles. The minimum absolute atomic E-state index is 0.406. The van der Waals surface area contributed by atoms with Crippen molar-refractivity contribution in [1.29, 1.82) is 0 Å². The molecule has 1 aromatic carbocycles. The molecule has 1 atom stereocenters. The van der Waals surface area contributed by atoms with Crippen LogP contribution in [0.25, 0.3) is 0 Å². The zero-order valence-corrected chi connectivity index (χ0v) is 10.6. The SMILES string of the molecule is C=CC(C)c1cccc(C(C)C)c1Br. The van der Waals surface area contributed by atoms with Crippen LogP contribution < -0.4 is 0 Å². The fourth-order valence-corrected chi connectivity index (χ4v) is 2.58. The summed E-state index contributed by atoms with van der Waals surface area (Å²) in [4.78, 5) is 0. The van der Waals surface area contributed by atoms with Crippen molar-refractivity contribution in [2.75, 3.05) is 0 Å². The summed E-state index contributed by atoms with van der Waals surface area (Å²) in [6, 6.07) is 6.45. The maximum absolute atomic E-state index is 3.83. The standard InChI is InChI=1S/C13H17Br/c1-5-10(4)12-8-6-7-11(9(2)3)13(12)14/h5-10H,1H2,2-4H3. The normalized spacial score (nSPS) is 12.9. The molecular weight excluding hydrogens is 236 g/mol. The first-order valence-electron chi connectivity index (χ1n) is 4.98.